The largest absolute Gasteiger partial charge is 0.417 e. The van der Waals surface area contributed by atoms with Gasteiger partial charge in [-0.15, -0.1) is 0 Å². The molecule has 3 N–H and O–H groups in total. The van der Waals surface area contributed by atoms with Crippen LogP contribution in [0.4, 0.5) is 19.0 Å². The minimum absolute atomic E-state index is 0.409. The molecule has 21 heavy (non-hydrogen) atoms. The summed E-state index contributed by atoms with van der Waals surface area (Å²) in [4.78, 5) is 12.1. The number of aromatic nitrogens is 3. The van der Waals surface area contributed by atoms with Gasteiger partial charge in [-0.1, -0.05) is 0 Å². The first-order chi connectivity index (χ1) is 9.81. The molecule has 0 aromatic carbocycles. The lowest BCUT2D eigenvalue weighted by Crippen LogP contribution is -2.12. The van der Waals surface area contributed by atoms with Gasteiger partial charge in [0, 0.05) is 11.8 Å². The summed E-state index contributed by atoms with van der Waals surface area (Å²) in [5.74, 6) is 6.33. The molecule has 0 unspecified atom stereocenters. The molecule has 2 aromatic heterocycles. The molecule has 0 amide bonds. The van der Waals surface area contributed by atoms with Crippen LogP contribution >= 0.6 is 11.8 Å². The highest BCUT2D eigenvalue weighted by molar-refractivity contribution is 7.99. The van der Waals surface area contributed by atoms with Crippen LogP contribution in [-0.2, 0) is 6.18 Å². The molecular weight excluding hydrogens is 303 g/mol. The Morgan fingerprint density at radius 2 is 1.90 bits per heavy atom. The first-order valence-electron chi connectivity index (χ1n) is 5.84. The summed E-state index contributed by atoms with van der Waals surface area (Å²) >= 11 is 1.15. The summed E-state index contributed by atoms with van der Waals surface area (Å²) in [5.41, 5.74) is 2.38. The van der Waals surface area contributed by atoms with E-state index in [9.17, 15) is 13.2 Å². The molecule has 2 heterocycles. The van der Waals surface area contributed by atoms with Crippen LogP contribution < -0.4 is 11.3 Å². The van der Waals surface area contributed by atoms with E-state index in [1.165, 1.54) is 6.07 Å². The van der Waals surface area contributed by atoms with E-state index in [4.69, 9.17) is 5.84 Å². The SMILES string of the molecule is Cc1nc(NN)c(C)c(Sc2ccc(C(F)(F)F)cn2)n1. The van der Waals surface area contributed by atoms with Crippen molar-refractivity contribution in [2.45, 2.75) is 30.1 Å². The number of aryl methyl sites for hydroxylation is 1. The maximum Gasteiger partial charge on any atom is 0.417 e. The van der Waals surface area contributed by atoms with Gasteiger partial charge in [-0.3, -0.25) is 0 Å². The Morgan fingerprint density at radius 1 is 1.19 bits per heavy atom. The summed E-state index contributed by atoms with van der Waals surface area (Å²) in [6.07, 6.45) is -3.60. The van der Waals surface area contributed by atoms with E-state index in [-0.39, 0.29) is 0 Å². The highest BCUT2D eigenvalue weighted by Crippen LogP contribution is 2.32. The summed E-state index contributed by atoms with van der Waals surface area (Å²) in [6, 6.07) is 2.29. The molecular formula is C12H12F3N5S. The number of alkyl halides is 3. The van der Waals surface area contributed by atoms with Crippen LogP contribution in [0.5, 0.6) is 0 Å². The smallest absolute Gasteiger partial charge is 0.308 e. The second-order valence-corrected chi connectivity index (χ2v) is 5.19. The van der Waals surface area contributed by atoms with Crippen molar-refractivity contribution in [2.24, 2.45) is 5.84 Å². The van der Waals surface area contributed by atoms with Gasteiger partial charge in [-0.25, -0.2) is 20.8 Å². The van der Waals surface area contributed by atoms with Crippen molar-refractivity contribution in [1.29, 1.82) is 0 Å². The van der Waals surface area contributed by atoms with Crippen molar-refractivity contribution in [2.75, 3.05) is 5.43 Å². The fourth-order valence-electron chi connectivity index (χ4n) is 1.55. The minimum Gasteiger partial charge on any atom is -0.308 e. The predicted molar refractivity (Wildman–Crippen MR) is 72.7 cm³/mol. The van der Waals surface area contributed by atoms with Gasteiger partial charge in [0.2, 0.25) is 0 Å². The maximum atomic E-state index is 12.5. The zero-order chi connectivity index (χ0) is 15.6. The average Bonchev–Trinajstić information content (AvgIpc) is 2.42. The number of halogens is 3. The Morgan fingerprint density at radius 3 is 2.43 bits per heavy atom. The monoisotopic (exact) mass is 315 g/mol. The molecule has 0 atom stereocenters. The average molecular weight is 315 g/mol. The summed E-state index contributed by atoms with van der Waals surface area (Å²) < 4.78 is 37.4. The normalized spacial score (nSPS) is 11.5. The Labute approximate surface area is 123 Å². The van der Waals surface area contributed by atoms with Crippen LogP contribution in [0.15, 0.2) is 28.4 Å². The highest BCUT2D eigenvalue weighted by atomic mass is 32.2. The number of anilines is 1. The van der Waals surface area contributed by atoms with E-state index in [1.807, 2.05) is 0 Å². The molecule has 0 saturated heterocycles. The maximum absolute atomic E-state index is 12.5. The summed E-state index contributed by atoms with van der Waals surface area (Å²) in [6.45, 7) is 3.46. The van der Waals surface area contributed by atoms with E-state index in [2.05, 4.69) is 20.4 Å². The molecule has 2 rings (SSSR count). The van der Waals surface area contributed by atoms with Gasteiger partial charge in [0.1, 0.15) is 21.7 Å². The fourth-order valence-corrected chi connectivity index (χ4v) is 2.42. The Hall–Kier alpha value is -1.87. The minimum atomic E-state index is -4.39. The lowest BCUT2D eigenvalue weighted by Gasteiger charge is -2.10. The van der Waals surface area contributed by atoms with Crippen molar-refractivity contribution in [1.82, 2.24) is 15.0 Å². The van der Waals surface area contributed by atoms with Gasteiger partial charge in [-0.2, -0.15) is 13.2 Å². The van der Waals surface area contributed by atoms with Crippen LogP contribution in [0.3, 0.4) is 0 Å². The van der Waals surface area contributed by atoms with Crippen molar-refractivity contribution in [3.05, 3.63) is 35.3 Å². The van der Waals surface area contributed by atoms with E-state index in [0.717, 1.165) is 24.0 Å². The third-order valence-electron chi connectivity index (χ3n) is 2.61. The number of nitrogens with one attached hydrogen (secondary N) is 1. The molecule has 5 nitrogen and oxygen atoms in total. The molecule has 2 aromatic rings. The van der Waals surface area contributed by atoms with Gasteiger partial charge in [0.15, 0.2) is 0 Å². The van der Waals surface area contributed by atoms with Crippen LogP contribution in [-0.4, -0.2) is 15.0 Å². The van der Waals surface area contributed by atoms with Crippen molar-refractivity contribution < 1.29 is 13.2 Å². The molecule has 0 radical (unpaired) electrons. The Kier molecular flexibility index (Phi) is 4.33. The number of pyridine rings is 1. The number of rotatable bonds is 3. The third kappa shape index (κ3) is 3.61. The number of nitrogen functional groups attached to an aromatic ring is 1. The van der Waals surface area contributed by atoms with Crippen LogP contribution in [0.2, 0.25) is 0 Å². The van der Waals surface area contributed by atoms with Crippen LogP contribution in [0, 0.1) is 13.8 Å². The van der Waals surface area contributed by atoms with Crippen molar-refractivity contribution in [3.63, 3.8) is 0 Å². The second-order valence-electron chi connectivity index (χ2n) is 4.18. The van der Waals surface area contributed by atoms with Gasteiger partial charge < -0.3 is 5.43 Å². The summed E-state index contributed by atoms with van der Waals surface area (Å²) in [7, 11) is 0. The molecule has 112 valence electrons. The molecule has 0 fully saturated rings. The number of nitrogens with two attached hydrogens (primary N) is 1. The highest BCUT2D eigenvalue weighted by Gasteiger charge is 2.30. The quantitative estimate of drug-likeness (QED) is 0.515. The van der Waals surface area contributed by atoms with E-state index >= 15 is 0 Å². The molecule has 0 bridgehead atoms. The Bertz CT molecular complexity index is 643. The second kappa shape index (κ2) is 5.86. The number of nitrogens with zero attached hydrogens (tertiary/aromatic N) is 3. The number of hydrogen-bond acceptors (Lipinski definition) is 6. The number of hydrazine groups is 1. The molecule has 0 aliphatic rings. The van der Waals surface area contributed by atoms with Crippen molar-refractivity contribution >= 4 is 17.6 Å². The van der Waals surface area contributed by atoms with Gasteiger partial charge in [0.05, 0.1) is 5.56 Å². The predicted octanol–water partition coefficient (Wildman–Crippen LogP) is 2.94. The number of hydrogen-bond donors (Lipinski definition) is 2. The van der Waals surface area contributed by atoms with E-state index < -0.39 is 11.7 Å². The molecule has 0 aliphatic carbocycles. The third-order valence-corrected chi connectivity index (χ3v) is 3.66. The topological polar surface area (TPSA) is 76.7 Å². The molecule has 9 heteroatoms. The summed E-state index contributed by atoms with van der Waals surface area (Å²) in [5, 5.41) is 0.995. The van der Waals surface area contributed by atoms with E-state index in [0.29, 0.717) is 27.3 Å². The first kappa shape index (κ1) is 15.5. The zero-order valence-corrected chi connectivity index (χ0v) is 12.0. The van der Waals surface area contributed by atoms with Gasteiger partial charge >= 0.3 is 6.18 Å². The zero-order valence-electron chi connectivity index (χ0n) is 11.2. The molecule has 0 aliphatic heterocycles. The lowest BCUT2D eigenvalue weighted by atomic mass is 10.3. The van der Waals surface area contributed by atoms with Crippen LogP contribution in [0.25, 0.3) is 0 Å². The first-order valence-corrected chi connectivity index (χ1v) is 6.66. The molecule has 0 spiro atoms. The lowest BCUT2D eigenvalue weighted by molar-refractivity contribution is -0.137. The fraction of sp³-hybridized carbons (Fsp3) is 0.250. The standard InChI is InChI=1S/C12H12F3N5S/c1-6-10(20-16)18-7(2)19-11(6)21-9-4-3-8(5-17-9)12(13,14)15/h3-5H,16H2,1-2H3,(H,18,19,20). The molecule has 0 saturated carbocycles. The van der Waals surface area contributed by atoms with Crippen LogP contribution in [0.1, 0.15) is 17.0 Å². The van der Waals surface area contributed by atoms with Crippen molar-refractivity contribution in [3.8, 4) is 0 Å². The Balaban J connectivity index is 2.28. The van der Waals surface area contributed by atoms with Gasteiger partial charge in [-0.05, 0) is 37.7 Å². The van der Waals surface area contributed by atoms with Gasteiger partial charge in [0.25, 0.3) is 0 Å². The van der Waals surface area contributed by atoms with E-state index in [1.54, 1.807) is 13.8 Å².